The predicted octanol–water partition coefficient (Wildman–Crippen LogP) is 4.33. The van der Waals surface area contributed by atoms with Crippen LogP contribution in [0.5, 0.6) is 5.75 Å². The summed E-state index contributed by atoms with van der Waals surface area (Å²) in [6.45, 7) is 4.47. The van der Waals surface area contributed by atoms with Crippen LogP contribution in [0.4, 0.5) is 4.79 Å². The Morgan fingerprint density at radius 3 is 2.21 bits per heavy atom. The van der Waals surface area contributed by atoms with Crippen LogP contribution in [-0.4, -0.2) is 52.5 Å². The van der Waals surface area contributed by atoms with Crippen molar-refractivity contribution in [1.82, 2.24) is 19.8 Å². The standard InChI is InChI=1S/C35H35IN4O8/c1-35(2,3)48-31(42)18-27(38-33(44)47-19-26-24-11-7-5-9-22(24)23-10-6-8-12-25(23)26)32(43)37-20-40-30(41)15-16-39(34(40)45)28-17-21(36)13-14-29(28)46-4/h5-17,26-27H,18-20H2,1-4H3,(H,37,43)(H,38,44)/t27-/m0/s1. The van der Waals surface area contributed by atoms with Crippen molar-refractivity contribution in [3.8, 4) is 22.6 Å². The number of carbonyl (C=O) groups excluding carboxylic acids is 3. The van der Waals surface area contributed by atoms with E-state index in [1.54, 1.807) is 39.0 Å². The van der Waals surface area contributed by atoms with Gasteiger partial charge in [0.05, 0.1) is 19.2 Å². The second kappa shape index (κ2) is 14.5. The number of rotatable bonds is 10. The first kappa shape index (κ1) is 34.4. The van der Waals surface area contributed by atoms with Gasteiger partial charge in [-0.05, 0) is 83.8 Å². The highest BCUT2D eigenvalue weighted by Gasteiger charge is 2.31. The minimum Gasteiger partial charge on any atom is -0.495 e. The summed E-state index contributed by atoms with van der Waals surface area (Å²) in [5.74, 6) is -1.40. The Morgan fingerprint density at radius 1 is 0.938 bits per heavy atom. The van der Waals surface area contributed by atoms with E-state index < -0.39 is 54.0 Å². The van der Waals surface area contributed by atoms with E-state index in [2.05, 4.69) is 33.2 Å². The summed E-state index contributed by atoms with van der Waals surface area (Å²) in [7, 11) is 1.46. The molecule has 2 amide bonds. The Morgan fingerprint density at radius 2 is 1.58 bits per heavy atom. The van der Waals surface area contributed by atoms with Crippen LogP contribution in [0.15, 0.2) is 88.6 Å². The summed E-state index contributed by atoms with van der Waals surface area (Å²) in [5, 5.41) is 4.96. The number of alkyl carbamates (subject to hydrolysis) is 1. The van der Waals surface area contributed by atoms with Crippen LogP contribution >= 0.6 is 22.6 Å². The van der Waals surface area contributed by atoms with Crippen molar-refractivity contribution in [2.24, 2.45) is 0 Å². The lowest BCUT2D eigenvalue weighted by molar-refractivity contribution is -0.156. The molecule has 0 aliphatic heterocycles. The molecule has 1 heterocycles. The fourth-order valence-electron chi connectivity index (χ4n) is 5.52. The topological polar surface area (TPSA) is 147 Å². The summed E-state index contributed by atoms with van der Waals surface area (Å²) in [4.78, 5) is 65.4. The first-order valence-corrected chi connectivity index (χ1v) is 16.2. The van der Waals surface area contributed by atoms with Crippen LogP contribution in [0.25, 0.3) is 16.8 Å². The zero-order valence-corrected chi connectivity index (χ0v) is 29.0. The smallest absolute Gasteiger partial charge is 0.407 e. The summed E-state index contributed by atoms with van der Waals surface area (Å²) in [5.41, 5.74) is 2.27. The van der Waals surface area contributed by atoms with Crippen LogP contribution in [0, 0.1) is 3.57 Å². The molecular formula is C35H35IN4O8. The van der Waals surface area contributed by atoms with Gasteiger partial charge in [-0.1, -0.05) is 48.5 Å². The third-order valence-electron chi connectivity index (χ3n) is 7.62. The van der Waals surface area contributed by atoms with Crippen LogP contribution < -0.4 is 26.6 Å². The maximum atomic E-state index is 13.4. The molecular weight excluding hydrogens is 731 g/mol. The fraction of sp³-hybridized carbons (Fsp3) is 0.286. The maximum Gasteiger partial charge on any atom is 0.407 e. The monoisotopic (exact) mass is 766 g/mol. The number of fused-ring (bicyclic) bond motifs is 3. The number of methoxy groups -OCH3 is 1. The molecule has 4 aromatic rings. The van der Waals surface area contributed by atoms with Gasteiger partial charge in [0.1, 0.15) is 30.7 Å². The number of esters is 1. The van der Waals surface area contributed by atoms with E-state index >= 15 is 0 Å². The predicted molar refractivity (Wildman–Crippen MR) is 186 cm³/mol. The molecule has 250 valence electrons. The number of hydrogen-bond acceptors (Lipinski definition) is 8. The van der Waals surface area contributed by atoms with Gasteiger partial charge in [0.25, 0.3) is 5.56 Å². The summed E-state index contributed by atoms with van der Waals surface area (Å²) in [6, 6.07) is 20.7. The van der Waals surface area contributed by atoms with Gasteiger partial charge < -0.3 is 24.8 Å². The molecule has 48 heavy (non-hydrogen) atoms. The van der Waals surface area contributed by atoms with Crippen LogP contribution in [0.3, 0.4) is 0 Å². The molecule has 0 radical (unpaired) electrons. The van der Waals surface area contributed by atoms with Gasteiger partial charge in [0.2, 0.25) is 5.91 Å². The number of amides is 2. The minimum absolute atomic E-state index is 0.0124. The van der Waals surface area contributed by atoms with E-state index in [1.165, 1.54) is 23.9 Å². The molecule has 13 heteroatoms. The van der Waals surface area contributed by atoms with E-state index in [0.717, 1.165) is 30.4 Å². The van der Waals surface area contributed by atoms with Crippen molar-refractivity contribution < 1.29 is 28.6 Å². The molecule has 2 N–H and O–H groups in total. The highest BCUT2D eigenvalue weighted by molar-refractivity contribution is 14.1. The molecule has 1 aliphatic rings. The van der Waals surface area contributed by atoms with Crippen molar-refractivity contribution in [2.75, 3.05) is 13.7 Å². The lowest BCUT2D eigenvalue weighted by Gasteiger charge is -2.23. The molecule has 12 nitrogen and oxygen atoms in total. The Bertz CT molecular complexity index is 1930. The lowest BCUT2D eigenvalue weighted by atomic mass is 9.98. The number of nitrogens with zero attached hydrogens (tertiary/aromatic N) is 2. The fourth-order valence-corrected chi connectivity index (χ4v) is 5.99. The van der Waals surface area contributed by atoms with E-state index in [9.17, 15) is 24.0 Å². The molecule has 1 aliphatic carbocycles. The number of halogens is 1. The zero-order valence-electron chi connectivity index (χ0n) is 26.8. The SMILES string of the molecule is COc1ccc(I)cc1-n1ccc(=O)n(CNC(=O)[C@H](CC(=O)OC(C)(C)C)NC(=O)OCC2c3ccccc3-c3ccccc32)c1=O. The molecule has 1 atom stereocenters. The number of hydrogen-bond donors (Lipinski definition) is 2. The van der Waals surface area contributed by atoms with Crippen molar-refractivity contribution >= 4 is 40.6 Å². The molecule has 0 bridgehead atoms. The Balaban J connectivity index is 1.32. The molecule has 0 saturated heterocycles. The zero-order chi connectivity index (χ0) is 34.6. The van der Waals surface area contributed by atoms with Crippen LogP contribution in [-0.2, 0) is 25.7 Å². The van der Waals surface area contributed by atoms with Gasteiger partial charge in [-0.15, -0.1) is 0 Å². The third kappa shape index (κ3) is 7.78. The second-order valence-corrected chi connectivity index (χ2v) is 13.3. The van der Waals surface area contributed by atoms with Gasteiger partial charge in [0, 0.05) is 21.8 Å². The number of aromatic nitrogens is 2. The van der Waals surface area contributed by atoms with Gasteiger partial charge in [0.15, 0.2) is 0 Å². The molecule has 0 spiro atoms. The van der Waals surface area contributed by atoms with Crippen molar-refractivity contribution in [3.63, 3.8) is 0 Å². The maximum absolute atomic E-state index is 13.4. The normalized spacial score (nSPS) is 12.8. The summed E-state index contributed by atoms with van der Waals surface area (Å²) >= 11 is 2.09. The van der Waals surface area contributed by atoms with Crippen molar-refractivity contribution in [3.05, 3.63) is 115 Å². The number of benzene rings is 3. The summed E-state index contributed by atoms with van der Waals surface area (Å²) < 4.78 is 19.2. The molecule has 0 fully saturated rings. The Labute approximate surface area is 290 Å². The molecule has 1 aromatic heterocycles. The van der Waals surface area contributed by atoms with Crippen molar-refractivity contribution in [1.29, 1.82) is 0 Å². The molecule has 5 rings (SSSR count). The van der Waals surface area contributed by atoms with Crippen molar-refractivity contribution in [2.45, 2.75) is 51.4 Å². The number of nitrogens with one attached hydrogen (secondary N) is 2. The number of carbonyl (C=O) groups is 3. The average molecular weight is 767 g/mol. The van der Waals surface area contributed by atoms with Gasteiger partial charge >= 0.3 is 17.8 Å². The third-order valence-corrected chi connectivity index (χ3v) is 8.30. The Kier molecular flexibility index (Phi) is 10.4. The van der Waals surface area contributed by atoms with Crippen LogP contribution in [0.2, 0.25) is 0 Å². The molecule has 3 aromatic carbocycles. The molecule has 0 unspecified atom stereocenters. The highest BCUT2D eigenvalue weighted by Crippen LogP contribution is 2.44. The Hall–Kier alpha value is -4.92. The number of ether oxygens (including phenoxy) is 3. The molecule has 0 saturated carbocycles. The first-order chi connectivity index (χ1) is 22.9. The minimum atomic E-state index is -1.44. The van der Waals surface area contributed by atoms with Gasteiger partial charge in [-0.3, -0.25) is 19.0 Å². The summed E-state index contributed by atoms with van der Waals surface area (Å²) in [6.07, 6.45) is -0.132. The first-order valence-electron chi connectivity index (χ1n) is 15.1. The average Bonchev–Trinajstić information content (AvgIpc) is 3.36. The van der Waals surface area contributed by atoms with E-state index in [-0.39, 0.29) is 12.5 Å². The van der Waals surface area contributed by atoms with E-state index in [4.69, 9.17) is 14.2 Å². The van der Waals surface area contributed by atoms with E-state index in [1.807, 2.05) is 48.5 Å². The van der Waals surface area contributed by atoms with Gasteiger partial charge in [-0.2, -0.15) is 0 Å². The lowest BCUT2D eigenvalue weighted by Crippen LogP contribution is -2.51. The second-order valence-electron chi connectivity index (χ2n) is 12.1. The highest BCUT2D eigenvalue weighted by atomic mass is 127. The quantitative estimate of drug-likeness (QED) is 0.179. The van der Waals surface area contributed by atoms with Gasteiger partial charge in [-0.25, -0.2) is 14.2 Å². The van der Waals surface area contributed by atoms with Crippen LogP contribution in [0.1, 0.15) is 44.2 Å². The largest absolute Gasteiger partial charge is 0.495 e. The van der Waals surface area contributed by atoms with E-state index in [0.29, 0.717) is 11.4 Å².